The zero-order valence-electron chi connectivity index (χ0n) is 12.9. The molecule has 0 unspecified atom stereocenters. The lowest BCUT2D eigenvalue weighted by Crippen LogP contribution is -2.42. The maximum Gasteiger partial charge on any atom is 0.255 e. The van der Waals surface area contributed by atoms with Crippen LogP contribution in [0.1, 0.15) is 10.4 Å². The van der Waals surface area contributed by atoms with Crippen LogP contribution in [0.5, 0.6) is 0 Å². The predicted octanol–water partition coefficient (Wildman–Crippen LogP) is -0.998. The number of hydrogen-bond acceptors (Lipinski definition) is 6. The lowest BCUT2D eigenvalue weighted by atomic mass is 10.2. The lowest BCUT2D eigenvalue weighted by Gasteiger charge is -2.16. The molecular weight excluding hydrogens is 334 g/mol. The molecule has 3 rings (SSSR count). The van der Waals surface area contributed by atoms with Gasteiger partial charge in [-0.15, -0.1) is 0 Å². The van der Waals surface area contributed by atoms with E-state index in [4.69, 9.17) is 0 Å². The Bertz CT molecular complexity index is 819. The van der Waals surface area contributed by atoms with E-state index in [1.54, 1.807) is 35.4 Å². The monoisotopic (exact) mass is 351 g/mol. The first-order valence-electron chi connectivity index (χ1n) is 7.22. The molecular formula is C14H17N5O4S. The van der Waals surface area contributed by atoms with Crippen molar-refractivity contribution in [3.05, 3.63) is 42.6 Å². The van der Waals surface area contributed by atoms with Crippen molar-refractivity contribution in [2.24, 2.45) is 0 Å². The molecule has 0 bridgehead atoms. The molecule has 9 nitrogen and oxygen atoms in total. The van der Waals surface area contributed by atoms with Gasteiger partial charge >= 0.3 is 0 Å². The number of rotatable bonds is 4. The molecule has 0 radical (unpaired) electrons. The summed E-state index contributed by atoms with van der Waals surface area (Å²) in [4.78, 5) is 22.0. The minimum Gasteiger partial charge on any atom is -0.390 e. The number of β-amino-alcohol motifs (C(OH)–C–C–N with tert-alkyl or cyclic N) is 1. The molecule has 0 aromatic carbocycles. The largest absolute Gasteiger partial charge is 0.390 e. The molecule has 2 aromatic rings. The van der Waals surface area contributed by atoms with Crippen molar-refractivity contribution in [3.8, 4) is 5.82 Å². The Morgan fingerprint density at radius 1 is 1.38 bits per heavy atom. The van der Waals surface area contributed by atoms with Gasteiger partial charge in [0.15, 0.2) is 0 Å². The third kappa shape index (κ3) is 3.61. The van der Waals surface area contributed by atoms with Crippen LogP contribution >= 0.6 is 0 Å². The summed E-state index contributed by atoms with van der Waals surface area (Å²) in [5, 5.41) is 9.94. The number of pyridine rings is 1. The van der Waals surface area contributed by atoms with Crippen molar-refractivity contribution in [1.82, 2.24) is 24.2 Å². The summed E-state index contributed by atoms with van der Waals surface area (Å²) in [6.45, 7) is 0.172. The van der Waals surface area contributed by atoms with Crippen LogP contribution < -0.4 is 4.72 Å². The molecule has 1 fully saturated rings. The van der Waals surface area contributed by atoms with Gasteiger partial charge in [0.05, 0.1) is 24.0 Å². The molecule has 1 saturated heterocycles. The molecule has 24 heavy (non-hydrogen) atoms. The van der Waals surface area contributed by atoms with E-state index in [2.05, 4.69) is 14.7 Å². The smallest absolute Gasteiger partial charge is 0.255 e. The third-order valence-electron chi connectivity index (χ3n) is 3.71. The normalized spacial score (nSPS) is 21.2. The van der Waals surface area contributed by atoms with Crippen LogP contribution in [0.15, 0.2) is 37.1 Å². The number of imidazole rings is 1. The topological polar surface area (TPSA) is 117 Å². The third-order valence-corrected chi connectivity index (χ3v) is 4.44. The van der Waals surface area contributed by atoms with Crippen molar-refractivity contribution >= 4 is 15.9 Å². The van der Waals surface area contributed by atoms with E-state index in [0.29, 0.717) is 11.4 Å². The molecule has 10 heteroatoms. The Labute approximate surface area is 139 Å². The maximum absolute atomic E-state index is 12.5. The summed E-state index contributed by atoms with van der Waals surface area (Å²) in [5.41, 5.74) is 0.367. The van der Waals surface area contributed by atoms with Crippen LogP contribution in [0.25, 0.3) is 5.82 Å². The average Bonchev–Trinajstić information content (AvgIpc) is 3.16. The number of aliphatic hydroxyl groups is 1. The minimum atomic E-state index is -3.45. The van der Waals surface area contributed by atoms with Crippen LogP contribution in [0.4, 0.5) is 0 Å². The van der Waals surface area contributed by atoms with E-state index < -0.39 is 22.2 Å². The summed E-state index contributed by atoms with van der Waals surface area (Å²) in [5.74, 6) is 0.318. The molecule has 3 heterocycles. The zero-order chi connectivity index (χ0) is 17.3. The van der Waals surface area contributed by atoms with Gasteiger partial charge in [-0.1, -0.05) is 0 Å². The standard InChI is InChI=1S/C14H17N5O4S/c1-24(22,23)17-11-7-19(8-12(11)20)14(21)10-2-3-13(16-6-10)18-5-4-15-9-18/h2-6,9,11-12,17,20H,7-8H2,1H3/t11-,12-/m1/s1. The van der Waals surface area contributed by atoms with Gasteiger partial charge in [0.2, 0.25) is 10.0 Å². The van der Waals surface area contributed by atoms with Crippen LogP contribution in [0, 0.1) is 0 Å². The molecule has 1 aliphatic heterocycles. The number of carbonyl (C=O) groups is 1. The first kappa shape index (κ1) is 16.6. The SMILES string of the molecule is CS(=O)(=O)N[C@@H]1CN(C(=O)c2ccc(-n3ccnc3)nc2)C[C@H]1O. The van der Waals surface area contributed by atoms with E-state index in [1.165, 1.54) is 11.1 Å². The van der Waals surface area contributed by atoms with Gasteiger partial charge in [-0.25, -0.2) is 23.1 Å². The van der Waals surface area contributed by atoms with Crippen molar-refractivity contribution in [2.45, 2.75) is 12.1 Å². The first-order valence-corrected chi connectivity index (χ1v) is 9.11. The molecule has 128 valence electrons. The number of aliphatic hydroxyl groups excluding tert-OH is 1. The number of nitrogens with one attached hydrogen (secondary N) is 1. The Kier molecular flexibility index (Phi) is 4.35. The molecule has 0 aliphatic carbocycles. The van der Waals surface area contributed by atoms with E-state index in [-0.39, 0.29) is 19.0 Å². The Hall–Kier alpha value is -2.30. The molecule has 2 aromatic heterocycles. The Balaban J connectivity index is 1.71. The molecule has 1 aliphatic rings. The van der Waals surface area contributed by atoms with Crippen LogP contribution in [0.3, 0.4) is 0 Å². The highest BCUT2D eigenvalue weighted by Gasteiger charge is 2.35. The van der Waals surface area contributed by atoms with Gasteiger partial charge in [-0.3, -0.25) is 9.36 Å². The number of carbonyl (C=O) groups excluding carboxylic acids is 1. The molecule has 2 N–H and O–H groups in total. The number of amides is 1. The fraction of sp³-hybridized carbons (Fsp3) is 0.357. The Morgan fingerprint density at radius 2 is 2.17 bits per heavy atom. The highest BCUT2D eigenvalue weighted by Crippen LogP contribution is 2.15. The number of likely N-dealkylation sites (tertiary alicyclic amines) is 1. The van der Waals surface area contributed by atoms with Gasteiger partial charge in [0.1, 0.15) is 12.1 Å². The number of sulfonamides is 1. The van der Waals surface area contributed by atoms with Gasteiger partial charge in [-0.05, 0) is 12.1 Å². The van der Waals surface area contributed by atoms with Gasteiger partial charge < -0.3 is 10.0 Å². The lowest BCUT2D eigenvalue weighted by molar-refractivity contribution is 0.0764. The predicted molar refractivity (Wildman–Crippen MR) is 85.0 cm³/mol. The number of aromatic nitrogens is 3. The Morgan fingerprint density at radius 3 is 2.75 bits per heavy atom. The van der Waals surface area contributed by atoms with Crippen molar-refractivity contribution in [1.29, 1.82) is 0 Å². The van der Waals surface area contributed by atoms with E-state index in [1.807, 2.05) is 0 Å². The molecule has 0 saturated carbocycles. The maximum atomic E-state index is 12.5. The average molecular weight is 351 g/mol. The quantitative estimate of drug-likeness (QED) is 0.730. The van der Waals surface area contributed by atoms with Crippen LogP contribution in [-0.4, -0.2) is 70.4 Å². The number of nitrogens with zero attached hydrogens (tertiary/aromatic N) is 4. The van der Waals surface area contributed by atoms with Crippen molar-refractivity contribution < 1.29 is 18.3 Å². The summed E-state index contributed by atoms with van der Waals surface area (Å²) in [6, 6.07) is 2.62. The second-order valence-corrected chi connectivity index (χ2v) is 7.43. The summed E-state index contributed by atoms with van der Waals surface area (Å²) >= 11 is 0. The van der Waals surface area contributed by atoms with Gasteiger partial charge in [0.25, 0.3) is 5.91 Å². The molecule has 2 atom stereocenters. The number of hydrogen-bond donors (Lipinski definition) is 2. The van der Waals surface area contributed by atoms with Gasteiger partial charge in [0, 0.05) is 31.7 Å². The highest BCUT2D eigenvalue weighted by molar-refractivity contribution is 7.88. The second-order valence-electron chi connectivity index (χ2n) is 5.65. The molecule has 0 spiro atoms. The van der Waals surface area contributed by atoms with E-state index in [9.17, 15) is 18.3 Å². The summed E-state index contributed by atoms with van der Waals surface area (Å²) in [7, 11) is -3.45. The zero-order valence-corrected chi connectivity index (χ0v) is 13.7. The van der Waals surface area contributed by atoms with E-state index >= 15 is 0 Å². The summed E-state index contributed by atoms with van der Waals surface area (Å²) < 4.78 is 26.6. The van der Waals surface area contributed by atoms with Crippen LogP contribution in [0.2, 0.25) is 0 Å². The fourth-order valence-corrected chi connectivity index (χ4v) is 3.37. The fourth-order valence-electron chi connectivity index (χ4n) is 2.59. The van der Waals surface area contributed by atoms with Gasteiger partial charge in [-0.2, -0.15) is 0 Å². The van der Waals surface area contributed by atoms with Crippen molar-refractivity contribution in [2.75, 3.05) is 19.3 Å². The minimum absolute atomic E-state index is 0.0648. The van der Waals surface area contributed by atoms with Crippen LogP contribution in [-0.2, 0) is 10.0 Å². The summed E-state index contributed by atoms with van der Waals surface area (Å²) in [6.07, 6.45) is 6.48. The first-order chi connectivity index (χ1) is 11.3. The molecule has 1 amide bonds. The second kappa shape index (κ2) is 6.30. The highest BCUT2D eigenvalue weighted by atomic mass is 32.2. The van der Waals surface area contributed by atoms with Crippen molar-refractivity contribution in [3.63, 3.8) is 0 Å². The van der Waals surface area contributed by atoms with E-state index in [0.717, 1.165) is 6.26 Å².